The van der Waals surface area contributed by atoms with Crippen molar-refractivity contribution in [2.45, 2.75) is 19.5 Å². The van der Waals surface area contributed by atoms with E-state index in [0.29, 0.717) is 22.3 Å². The van der Waals surface area contributed by atoms with E-state index >= 15 is 0 Å². The van der Waals surface area contributed by atoms with E-state index in [-0.39, 0.29) is 11.9 Å². The second kappa shape index (κ2) is 7.79. The Morgan fingerprint density at radius 2 is 2.18 bits per heavy atom. The van der Waals surface area contributed by atoms with Crippen LogP contribution in [0.15, 0.2) is 34.1 Å². The minimum atomic E-state index is -0.295. The molecule has 1 atom stereocenters. The number of benzene rings is 1. The third kappa shape index (κ3) is 4.46. The Morgan fingerprint density at radius 3 is 2.82 bits per heavy atom. The number of anilines is 1. The summed E-state index contributed by atoms with van der Waals surface area (Å²) >= 11 is 17.1. The summed E-state index contributed by atoms with van der Waals surface area (Å²) in [7, 11) is 1.91. The maximum absolute atomic E-state index is 12.4. The van der Waals surface area contributed by atoms with E-state index in [4.69, 9.17) is 23.2 Å². The van der Waals surface area contributed by atoms with Gasteiger partial charge in [-0.05, 0) is 48.1 Å². The zero-order chi connectivity index (χ0) is 16.3. The first-order chi connectivity index (χ1) is 10.4. The highest BCUT2D eigenvalue weighted by Gasteiger charge is 2.20. The van der Waals surface area contributed by atoms with Gasteiger partial charge in [-0.2, -0.15) is 0 Å². The maximum atomic E-state index is 12.4. The quantitative estimate of drug-likeness (QED) is 0.712. The molecule has 0 saturated carbocycles. The molecule has 0 fully saturated rings. The number of carbonyl (C=O) groups excluding carboxylic acids is 1. The summed E-state index contributed by atoms with van der Waals surface area (Å²) in [6.07, 6.45) is 0. The van der Waals surface area contributed by atoms with Gasteiger partial charge in [-0.3, -0.25) is 9.69 Å². The Hall–Kier alpha value is -0.590. The Labute approximate surface area is 152 Å². The van der Waals surface area contributed by atoms with Crippen molar-refractivity contribution >= 4 is 62.1 Å². The number of likely N-dealkylation sites (N-methyl/N-ethyl adjacent to an activating group) is 1. The van der Waals surface area contributed by atoms with E-state index in [1.54, 1.807) is 29.5 Å². The predicted octanol–water partition coefficient (Wildman–Crippen LogP) is 5.28. The lowest BCUT2D eigenvalue weighted by atomic mass is 10.2. The van der Waals surface area contributed by atoms with Gasteiger partial charge in [0.2, 0.25) is 5.91 Å². The van der Waals surface area contributed by atoms with Gasteiger partial charge in [-0.1, -0.05) is 29.3 Å². The molecule has 0 bridgehead atoms. The molecule has 1 aromatic heterocycles. The minimum Gasteiger partial charge on any atom is -0.323 e. The average Bonchev–Trinajstić information content (AvgIpc) is 2.88. The fourth-order valence-electron chi connectivity index (χ4n) is 1.86. The SMILES string of the molecule is CC(C(=O)Nc1cccc(Cl)c1Cl)N(C)Cc1cc(Br)cs1. The second-order valence-electron chi connectivity index (χ2n) is 4.91. The molecular formula is C15H15BrCl2N2OS. The highest BCUT2D eigenvalue weighted by molar-refractivity contribution is 9.10. The fourth-order valence-corrected chi connectivity index (χ4v) is 3.72. The number of carbonyl (C=O) groups is 1. The van der Waals surface area contributed by atoms with Gasteiger partial charge >= 0.3 is 0 Å². The molecule has 2 rings (SSSR count). The molecule has 1 amide bonds. The van der Waals surface area contributed by atoms with E-state index in [2.05, 4.69) is 27.3 Å². The van der Waals surface area contributed by atoms with E-state index in [1.807, 2.05) is 24.3 Å². The number of rotatable bonds is 5. The Bertz CT molecular complexity index is 677. The smallest absolute Gasteiger partial charge is 0.241 e. The number of halogens is 3. The van der Waals surface area contributed by atoms with Crippen molar-refractivity contribution in [1.29, 1.82) is 0 Å². The summed E-state index contributed by atoms with van der Waals surface area (Å²) in [6, 6.07) is 6.93. The first-order valence-electron chi connectivity index (χ1n) is 6.56. The number of nitrogens with one attached hydrogen (secondary N) is 1. The first-order valence-corrected chi connectivity index (χ1v) is 8.99. The summed E-state index contributed by atoms with van der Waals surface area (Å²) in [5.41, 5.74) is 0.526. The number of nitrogens with zero attached hydrogens (tertiary/aromatic N) is 1. The van der Waals surface area contributed by atoms with Crippen molar-refractivity contribution in [3.05, 3.63) is 49.0 Å². The average molecular weight is 422 g/mol. The van der Waals surface area contributed by atoms with E-state index < -0.39 is 0 Å². The van der Waals surface area contributed by atoms with Gasteiger partial charge in [0.25, 0.3) is 0 Å². The molecule has 2 aromatic rings. The van der Waals surface area contributed by atoms with Crippen molar-refractivity contribution in [2.75, 3.05) is 12.4 Å². The van der Waals surface area contributed by atoms with Crippen molar-refractivity contribution in [3.63, 3.8) is 0 Å². The molecule has 0 spiro atoms. The molecule has 118 valence electrons. The molecule has 1 unspecified atom stereocenters. The molecule has 0 aliphatic carbocycles. The van der Waals surface area contributed by atoms with Gasteiger partial charge in [-0.15, -0.1) is 11.3 Å². The molecule has 3 nitrogen and oxygen atoms in total. The number of hydrogen-bond donors (Lipinski definition) is 1. The number of thiophene rings is 1. The molecule has 1 heterocycles. The highest BCUT2D eigenvalue weighted by atomic mass is 79.9. The molecule has 0 radical (unpaired) electrons. The van der Waals surface area contributed by atoms with Crippen LogP contribution in [0.4, 0.5) is 5.69 Å². The number of amides is 1. The van der Waals surface area contributed by atoms with Crippen LogP contribution in [0.2, 0.25) is 10.0 Å². The van der Waals surface area contributed by atoms with Crippen molar-refractivity contribution in [1.82, 2.24) is 4.90 Å². The lowest BCUT2D eigenvalue weighted by Gasteiger charge is -2.23. The molecule has 22 heavy (non-hydrogen) atoms. The summed E-state index contributed by atoms with van der Waals surface area (Å²) in [4.78, 5) is 15.5. The minimum absolute atomic E-state index is 0.123. The van der Waals surface area contributed by atoms with Crippen LogP contribution in [0.3, 0.4) is 0 Å². The zero-order valence-electron chi connectivity index (χ0n) is 12.1. The van der Waals surface area contributed by atoms with Crippen LogP contribution < -0.4 is 5.32 Å². The van der Waals surface area contributed by atoms with Crippen LogP contribution >= 0.6 is 50.5 Å². The standard InChI is InChI=1S/C15H15BrCl2N2OS/c1-9(20(2)7-11-6-10(16)8-22-11)15(21)19-13-5-3-4-12(17)14(13)18/h3-6,8-9H,7H2,1-2H3,(H,19,21). The predicted molar refractivity (Wildman–Crippen MR) is 98.0 cm³/mol. The summed E-state index contributed by atoms with van der Waals surface area (Å²) in [5, 5.41) is 5.62. The van der Waals surface area contributed by atoms with Crippen LogP contribution in [0, 0.1) is 0 Å². The van der Waals surface area contributed by atoms with Gasteiger partial charge in [0.05, 0.1) is 21.8 Å². The van der Waals surface area contributed by atoms with Crippen LogP contribution in [0.5, 0.6) is 0 Å². The van der Waals surface area contributed by atoms with Gasteiger partial charge in [0.1, 0.15) is 0 Å². The van der Waals surface area contributed by atoms with Gasteiger partial charge in [0.15, 0.2) is 0 Å². The third-order valence-corrected chi connectivity index (χ3v) is 5.78. The van der Waals surface area contributed by atoms with Gasteiger partial charge < -0.3 is 5.32 Å². The van der Waals surface area contributed by atoms with E-state index in [0.717, 1.165) is 4.47 Å². The Balaban J connectivity index is 2.00. The lowest BCUT2D eigenvalue weighted by molar-refractivity contribution is -0.120. The summed E-state index contributed by atoms with van der Waals surface area (Å²) < 4.78 is 1.06. The molecule has 0 aliphatic rings. The Kier molecular flexibility index (Phi) is 6.29. The van der Waals surface area contributed by atoms with Gasteiger partial charge in [-0.25, -0.2) is 0 Å². The van der Waals surface area contributed by atoms with E-state index in [1.165, 1.54) is 4.88 Å². The largest absolute Gasteiger partial charge is 0.323 e. The Morgan fingerprint density at radius 1 is 1.45 bits per heavy atom. The van der Waals surface area contributed by atoms with Crippen LogP contribution in [0.1, 0.15) is 11.8 Å². The van der Waals surface area contributed by atoms with Gasteiger partial charge in [0, 0.05) is 21.3 Å². The highest BCUT2D eigenvalue weighted by Crippen LogP contribution is 2.29. The monoisotopic (exact) mass is 420 g/mol. The zero-order valence-corrected chi connectivity index (χ0v) is 16.0. The van der Waals surface area contributed by atoms with Crippen molar-refractivity contribution in [2.24, 2.45) is 0 Å². The van der Waals surface area contributed by atoms with Crippen LogP contribution in [-0.2, 0) is 11.3 Å². The molecule has 1 aromatic carbocycles. The topological polar surface area (TPSA) is 32.3 Å². The third-order valence-electron chi connectivity index (χ3n) is 3.28. The lowest BCUT2D eigenvalue weighted by Crippen LogP contribution is -2.39. The summed E-state index contributed by atoms with van der Waals surface area (Å²) in [5.74, 6) is -0.123. The summed E-state index contributed by atoms with van der Waals surface area (Å²) in [6.45, 7) is 2.56. The van der Waals surface area contributed by atoms with Crippen LogP contribution in [0.25, 0.3) is 0 Å². The molecule has 7 heteroatoms. The van der Waals surface area contributed by atoms with E-state index in [9.17, 15) is 4.79 Å². The first kappa shape index (κ1) is 17.8. The normalized spacial score (nSPS) is 12.5. The second-order valence-corrected chi connectivity index (χ2v) is 7.61. The maximum Gasteiger partial charge on any atom is 0.241 e. The molecule has 1 N–H and O–H groups in total. The van der Waals surface area contributed by atoms with Crippen molar-refractivity contribution in [3.8, 4) is 0 Å². The molecular weight excluding hydrogens is 407 g/mol. The van der Waals surface area contributed by atoms with Crippen molar-refractivity contribution < 1.29 is 4.79 Å². The fraction of sp³-hybridized carbons (Fsp3) is 0.267. The van der Waals surface area contributed by atoms with Crippen LogP contribution in [-0.4, -0.2) is 23.9 Å². The number of hydrogen-bond acceptors (Lipinski definition) is 3. The molecule has 0 saturated heterocycles. The molecule has 0 aliphatic heterocycles.